The molecular formula is C19H22O8. The number of aromatic hydroxyl groups is 1. The van der Waals surface area contributed by atoms with Gasteiger partial charge < -0.3 is 35.0 Å². The molecule has 2 aromatic rings. The minimum Gasteiger partial charge on any atom is -0.506 e. The van der Waals surface area contributed by atoms with E-state index in [0.717, 1.165) is 0 Å². The van der Waals surface area contributed by atoms with E-state index in [9.17, 15) is 30.3 Å². The lowest BCUT2D eigenvalue weighted by atomic mass is 9.97. The topological polar surface area (TPSA) is 137 Å². The number of carbonyl (C=O) groups is 1. The predicted molar refractivity (Wildman–Crippen MR) is 94.7 cm³/mol. The minimum absolute atomic E-state index is 0.122. The molecule has 1 heterocycles. The first-order chi connectivity index (χ1) is 12.8. The third-order valence-corrected chi connectivity index (χ3v) is 4.74. The van der Waals surface area contributed by atoms with Gasteiger partial charge >= 0.3 is 0 Å². The molecule has 0 aliphatic carbocycles. The van der Waals surface area contributed by atoms with Crippen molar-refractivity contribution >= 4 is 16.6 Å². The first-order valence-corrected chi connectivity index (χ1v) is 8.49. The predicted octanol–water partition coefficient (Wildman–Crippen LogP) is 0.235. The Kier molecular flexibility index (Phi) is 5.36. The summed E-state index contributed by atoms with van der Waals surface area (Å²) in [6.07, 6.45) is -7.19. The van der Waals surface area contributed by atoms with Gasteiger partial charge in [-0.15, -0.1) is 0 Å². The number of aryl methyl sites for hydroxylation is 1. The lowest BCUT2D eigenvalue weighted by Crippen LogP contribution is -2.60. The summed E-state index contributed by atoms with van der Waals surface area (Å²) in [5.41, 5.74) is 0.768. The molecule has 0 spiro atoms. The summed E-state index contributed by atoms with van der Waals surface area (Å²) in [4.78, 5) is 11.9. The maximum atomic E-state index is 11.9. The molecule has 0 aromatic heterocycles. The van der Waals surface area contributed by atoms with Crippen molar-refractivity contribution in [2.24, 2.45) is 0 Å². The van der Waals surface area contributed by atoms with E-state index in [4.69, 9.17) is 9.47 Å². The van der Waals surface area contributed by atoms with Crippen LogP contribution in [0.3, 0.4) is 0 Å². The summed E-state index contributed by atoms with van der Waals surface area (Å²) in [5.74, 6) is -0.441. The van der Waals surface area contributed by atoms with Gasteiger partial charge in [0.1, 0.15) is 35.9 Å². The van der Waals surface area contributed by atoms with Crippen LogP contribution in [-0.4, -0.2) is 68.6 Å². The van der Waals surface area contributed by atoms with E-state index in [-0.39, 0.29) is 28.2 Å². The molecule has 5 N–H and O–H groups in total. The summed E-state index contributed by atoms with van der Waals surface area (Å²) in [6, 6.07) is 6.63. The number of ketones is 1. The van der Waals surface area contributed by atoms with Crippen molar-refractivity contribution in [3.63, 3.8) is 0 Å². The first kappa shape index (κ1) is 19.5. The van der Waals surface area contributed by atoms with Gasteiger partial charge in [0.2, 0.25) is 6.29 Å². The smallest absolute Gasteiger partial charge is 0.229 e. The Labute approximate surface area is 155 Å². The minimum atomic E-state index is -1.59. The molecule has 3 rings (SSSR count). The number of rotatable bonds is 4. The summed E-state index contributed by atoms with van der Waals surface area (Å²) in [5, 5.41) is 50.7. The number of ether oxygens (including phenoxy) is 2. The number of aliphatic hydroxyl groups is 4. The van der Waals surface area contributed by atoms with Crippen LogP contribution in [0, 0.1) is 6.92 Å². The van der Waals surface area contributed by atoms with Crippen LogP contribution in [0.4, 0.5) is 0 Å². The van der Waals surface area contributed by atoms with Gasteiger partial charge in [-0.2, -0.15) is 0 Å². The standard InChI is InChI=1S/C19H22O8/c1-8-6-10-4-3-5-11(14(10)16(23)13(8)9(2)21)26-19-18(25)17(24)15(22)12(7-20)27-19/h3-6,12,15,17-20,22-25H,7H2,1-2H3/t12?,15-,17?,18?,19-/m1/s1. The van der Waals surface area contributed by atoms with Crippen molar-refractivity contribution in [3.05, 3.63) is 35.4 Å². The van der Waals surface area contributed by atoms with E-state index in [1.165, 1.54) is 13.0 Å². The van der Waals surface area contributed by atoms with Crippen molar-refractivity contribution in [2.75, 3.05) is 6.61 Å². The highest BCUT2D eigenvalue weighted by molar-refractivity contribution is 6.06. The average molecular weight is 378 g/mol. The third kappa shape index (κ3) is 3.38. The normalized spacial score (nSPS) is 28.3. The Morgan fingerprint density at radius 3 is 2.52 bits per heavy atom. The summed E-state index contributed by atoms with van der Waals surface area (Å²) in [7, 11) is 0. The summed E-state index contributed by atoms with van der Waals surface area (Å²) < 4.78 is 11.0. The highest BCUT2D eigenvalue weighted by Gasteiger charge is 2.44. The quantitative estimate of drug-likeness (QED) is 0.477. The Morgan fingerprint density at radius 2 is 1.89 bits per heavy atom. The molecule has 0 radical (unpaired) electrons. The molecule has 0 amide bonds. The lowest BCUT2D eigenvalue weighted by molar-refractivity contribution is -0.277. The van der Waals surface area contributed by atoms with E-state index in [1.807, 2.05) is 0 Å². The molecule has 146 valence electrons. The van der Waals surface area contributed by atoms with Crippen LogP contribution in [0.1, 0.15) is 22.8 Å². The van der Waals surface area contributed by atoms with Crippen LogP contribution in [0.5, 0.6) is 11.5 Å². The van der Waals surface area contributed by atoms with Crippen LogP contribution in [0.2, 0.25) is 0 Å². The second-order valence-electron chi connectivity index (χ2n) is 6.64. The van der Waals surface area contributed by atoms with Crippen LogP contribution in [0.25, 0.3) is 10.8 Å². The molecule has 8 nitrogen and oxygen atoms in total. The molecular weight excluding hydrogens is 356 g/mol. The maximum Gasteiger partial charge on any atom is 0.229 e. The fourth-order valence-corrected chi connectivity index (χ4v) is 3.37. The van der Waals surface area contributed by atoms with Crippen molar-refractivity contribution < 1.29 is 39.8 Å². The summed E-state index contributed by atoms with van der Waals surface area (Å²) >= 11 is 0. The van der Waals surface area contributed by atoms with Gasteiger partial charge in [-0.1, -0.05) is 18.2 Å². The second-order valence-corrected chi connectivity index (χ2v) is 6.64. The number of aliphatic hydroxyl groups excluding tert-OH is 4. The Balaban J connectivity index is 2.04. The first-order valence-electron chi connectivity index (χ1n) is 8.49. The zero-order valence-corrected chi connectivity index (χ0v) is 14.9. The molecule has 27 heavy (non-hydrogen) atoms. The highest BCUT2D eigenvalue weighted by Crippen LogP contribution is 2.39. The number of Topliss-reactive ketones (excluding diaryl/α,β-unsaturated/α-hetero) is 1. The van der Waals surface area contributed by atoms with Gasteiger partial charge in [-0.05, 0) is 30.9 Å². The zero-order valence-electron chi connectivity index (χ0n) is 14.9. The van der Waals surface area contributed by atoms with E-state index < -0.39 is 37.3 Å². The molecule has 0 saturated carbocycles. The number of benzene rings is 2. The average Bonchev–Trinajstić information content (AvgIpc) is 2.61. The number of phenolic OH excluding ortho intramolecular Hbond substituents is 1. The van der Waals surface area contributed by atoms with E-state index in [0.29, 0.717) is 10.9 Å². The van der Waals surface area contributed by atoms with Crippen molar-refractivity contribution in [2.45, 2.75) is 44.6 Å². The van der Waals surface area contributed by atoms with E-state index in [2.05, 4.69) is 0 Å². The maximum absolute atomic E-state index is 11.9. The Morgan fingerprint density at radius 1 is 1.19 bits per heavy atom. The van der Waals surface area contributed by atoms with Gasteiger partial charge in [-0.3, -0.25) is 4.79 Å². The highest BCUT2D eigenvalue weighted by atomic mass is 16.7. The molecule has 2 aromatic carbocycles. The molecule has 8 heteroatoms. The number of fused-ring (bicyclic) bond motifs is 1. The van der Waals surface area contributed by atoms with Gasteiger partial charge in [-0.25, -0.2) is 0 Å². The molecule has 0 bridgehead atoms. The molecule has 1 aliphatic rings. The van der Waals surface area contributed by atoms with Gasteiger partial charge in [0.05, 0.1) is 17.6 Å². The van der Waals surface area contributed by atoms with Gasteiger partial charge in [0, 0.05) is 0 Å². The third-order valence-electron chi connectivity index (χ3n) is 4.74. The summed E-state index contributed by atoms with van der Waals surface area (Å²) in [6.45, 7) is 2.47. The number of phenols is 1. The molecule has 1 saturated heterocycles. The van der Waals surface area contributed by atoms with Crippen LogP contribution in [-0.2, 0) is 4.74 Å². The Bertz CT molecular complexity index is 862. The molecule has 1 fully saturated rings. The number of hydrogen-bond acceptors (Lipinski definition) is 8. The van der Waals surface area contributed by atoms with Crippen molar-refractivity contribution in [3.8, 4) is 11.5 Å². The monoisotopic (exact) mass is 378 g/mol. The largest absolute Gasteiger partial charge is 0.506 e. The SMILES string of the molecule is CC(=O)c1c(C)cc2cccc(O[C@@H]3OC(CO)[C@@H](O)C(O)C3O)c2c1O. The number of hydrogen-bond donors (Lipinski definition) is 5. The molecule has 1 aliphatic heterocycles. The van der Waals surface area contributed by atoms with Crippen LogP contribution >= 0.6 is 0 Å². The van der Waals surface area contributed by atoms with Gasteiger partial charge in [0.25, 0.3) is 0 Å². The zero-order chi connectivity index (χ0) is 19.9. The van der Waals surface area contributed by atoms with E-state index in [1.54, 1.807) is 25.1 Å². The Hall–Kier alpha value is -2.23. The van der Waals surface area contributed by atoms with Crippen LogP contribution in [0.15, 0.2) is 24.3 Å². The fraction of sp³-hybridized carbons (Fsp3) is 0.421. The van der Waals surface area contributed by atoms with Crippen LogP contribution < -0.4 is 4.74 Å². The second kappa shape index (κ2) is 7.41. The van der Waals surface area contributed by atoms with Crippen molar-refractivity contribution in [1.82, 2.24) is 0 Å². The van der Waals surface area contributed by atoms with E-state index >= 15 is 0 Å². The number of carbonyl (C=O) groups excluding carboxylic acids is 1. The molecule has 5 atom stereocenters. The van der Waals surface area contributed by atoms with Gasteiger partial charge in [0.15, 0.2) is 5.78 Å². The molecule has 3 unspecified atom stereocenters. The van der Waals surface area contributed by atoms with Crippen molar-refractivity contribution in [1.29, 1.82) is 0 Å². The fourth-order valence-electron chi connectivity index (χ4n) is 3.37. The lowest BCUT2D eigenvalue weighted by Gasteiger charge is -2.39.